The minimum absolute atomic E-state index is 0.247. The van der Waals surface area contributed by atoms with Crippen molar-refractivity contribution < 1.29 is 0 Å². The lowest BCUT2D eigenvalue weighted by Crippen LogP contribution is -2.61. The van der Waals surface area contributed by atoms with E-state index in [-0.39, 0.29) is 6.71 Å². The summed E-state index contributed by atoms with van der Waals surface area (Å²) in [6.45, 7) is -0.247. The quantitative estimate of drug-likeness (QED) is 0.147. The van der Waals surface area contributed by atoms with Gasteiger partial charge in [-0.2, -0.15) is 0 Å². The van der Waals surface area contributed by atoms with E-state index in [4.69, 9.17) is 0 Å². The second-order valence-electron chi connectivity index (χ2n) is 27.9. The van der Waals surface area contributed by atoms with E-state index in [1.54, 1.807) is 0 Å². The summed E-state index contributed by atoms with van der Waals surface area (Å²) < 4.78 is 0. The summed E-state index contributed by atoms with van der Waals surface area (Å²) in [5.74, 6) is 0. The molecule has 22 rings (SSSR count). The molecule has 16 aromatic rings. The van der Waals surface area contributed by atoms with Crippen LogP contribution < -0.4 is 26.2 Å². The Morgan fingerprint density at radius 1 is 0.178 bits per heavy atom. The molecule has 0 fully saturated rings. The van der Waals surface area contributed by atoms with Crippen LogP contribution in [-0.4, -0.2) is 6.71 Å². The molecule has 0 bridgehead atoms. The van der Waals surface area contributed by atoms with Gasteiger partial charge < -0.3 is 9.80 Å². The third kappa shape index (κ3) is 7.57. The molecule has 3 heteroatoms. The Hall–Kier alpha value is -12.8. The first-order valence-corrected chi connectivity index (χ1v) is 35.4. The van der Waals surface area contributed by atoms with Gasteiger partial charge in [-0.1, -0.05) is 334 Å². The SMILES string of the molecule is c1ccc(-c2cc3c4c(c2)N(c2ccccc2-c2ccccc2)c2ccc(-c5cccc6c5-c5ccccc5C65c6ccccc6-c6ccccc65)cc2B4c2cc(-c4cccc5c4-c4ccccc4C54c5ccccc5-c5ccccc54)ccc2N3c2ccccc2-c2ccccc2)cc1. The highest BCUT2D eigenvalue weighted by atomic mass is 15.2. The van der Waals surface area contributed by atoms with Crippen LogP contribution in [0.15, 0.2) is 370 Å². The molecule has 16 aromatic carbocycles. The van der Waals surface area contributed by atoms with Crippen LogP contribution in [0.5, 0.6) is 0 Å². The van der Waals surface area contributed by atoms with Gasteiger partial charge in [-0.05, 0) is 186 Å². The summed E-state index contributed by atoms with van der Waals surface area (Å²) in [6.07, 6.45) is 0. The maximum atomic E-state index is 2.63. The second-order valence-corrected chi connectivity index (χ2v) is 27.9. The van der Waals surface area contributed by atoms with Gasteiger partial charge in [-0.25, -0.2) is 0 Å². The number of anilines is 6. The Bertz CT molecular complexity index is 5740. The summed E-state index contributed by atoms with van der Waals surface area (Å²) >= 11 is 0. The maximum Gasteiger partial charge on any atom is 0.252 e. The summed E-state index contributed by atoms with van der Waals surface area (Å²) in [6, 6.07) is 141. The number of benzene rings is 16. The molecule has 2 nitrogen and oxygen atoms in total. The lowest BCUT2D eigenvalue weighted by Gasteiger charge is -2.45. The minimum Gasteiger partial charge on any atom is -0.311 e. The van der Waals surface area contributed by atoms with Crippen LogP contribution in [0.3, 0.4) is 0 Å². The van der Waals surface area contributed by atoms with E-state index in [2.05, 4.69) is 380 Å². The second kappa shape index (κ2) is 21.3. The van der Waals surface area contributed by atoms with Crippen molar-refractivity contribution in [3.05, 3.63) is 415 Å². The lowest BCUT2D eigenvalue weighted by atomic mass is 9.33. The van der Waals surface area contributed by atoms with Crippen LogP contribution in [-0.2, 0) is 10.8 Å². The summed E-state index contributed by atoms with van der Waals surface area (Å²) in [5, 5.41) is 0. The average molecular weight is 1280 g/mol. The van der Waals surface area contributed by atoms with Gasteiger partial charge in [0.05, 0.1) is 22.2 Å². The van der Waals surface area contributed by atoms with Gasteiger partial charge in [-0.15, -0.1) is 0 Å². The average Bonchev–Trinajstić information content (AvgIpc) is 1.69. The first-order chi connectivity index (χ1) is 50.2. The lowest BCUT2D eigenvalue weighted by molar-refractivity contribution is 0.794. The summed E-state index contributed by atoms with van der Waals surface area (Å²) in [5.41, 5.74) is 42.5. The summed E-state index contributed by atoms with van der Waals surface area (Å²) in [7, 11) is 0. The fourth-order valence-corrected chi connectivity index (χ4v) is 19.5. The molecule has 0 amide bonds. The molecular formula is C98H61BN2. The van der Waals surface area contributed by atoms with Gasteiger partial charge in [0, 0.05) is 33.9 Å². The molecule has 0 saturated heterocycles. The molecule has 466 valence electrons. The van der Waals surface area contributed by atoms with Gasteiger partial charge in [0.1, 0.15) is 0 Å². The van der Waals surface area contributed by atoms with Crippen LogP contribution in [0.1, 0.15) is 44.5 Å². The highest BCUT2D eigenvalue weighted by Gasteiger charge is 2.54. The van der Waals surface area contributed by atoms with Crippen molar-refractivity contribution >= 4 is 57.2 Å². The van der Waals surface area contributed by atoms with Crippen LogP contribution >= 0.6 is 0 Å². The Morgan fingerprint density at radius 3 is 0.861 bits per heavy atom. The van der Waals surface area contributed by atoms with Gasteiger partial charge in [0.25, 0.3) is 6.71 Å². The van der Waals surface area contributed by atoms with Crippen LogP contribution in [0, 0.1) is 0 Å². The first-order valence-electron chi connectivity index (χ1n) is 35.4. The summed E-state index contributed by atoms with van der Waals surface area (Å²) in [4.78, 5) is 5.26. The van der Waals surface area contributed by atoms with Crippen molar-refractivity contribution in [1.82, 2.24) is 0 Å². The van der Waals surface area contributed by atoms with E-state index in [1.807, 2.05) is 0 Å². The normalized spacial score (nSPS) is 14.0. The molecule has 101 heavy (non-hydrogen) atoms. The zero-order valence-corrected chi connectivity index (χ0v) is 55.2. The highest BCUT2D eigenvalue weighted by Crippen LogP contribution is 2.66. The number of hydrogen-bond donors (Lipinski definition) is 0. The van der Waals surface area contributed by atoms with E-state index in [9.17, 15) is 0 Å². The largest absolute Gasteiger partial charge is 0.311 e. The zero-order valence-electron chi connectivity index (χ0n) is 55.2. The van der Waals surface area contributed by atoms with Crippen molar-refractivity contribution in [2.45, 2.75) is 10.8 Å². The predicted octanol–water partition coefficient (Wildman–Crippen LogP) is 22.8. The molecule has 0 saturated carbocycles. The predicted molar refractivity (Wildman–Crippen MR) is 420 cm³/mol. The molecule has 0 N–H and O–H groups in total. The first kappa shape index (κ1) is 56.2. The van der Waals surface area contributed by atoms with E-state index < -0.39 is 10.8 Å². The van der Waals surface area contributed by atoms with Crippen molar-refractivity contribution in [2.75, 3.05) is 9.80 Å². The molecule has 2 spiro atoms. The monoisotopic (exact) mass is 1280 g/mol. The standard InChI is InChI=1S/C98H61BN2/c1-4-28-62(29-5-1)67-60-92-96-93(61-67)101(89-53-25-17-35-69(89)64-32-8-3-9-33-64)91-57-55-66(71-43-27-51-85-95(71)77-41-15-23-49-83(77)98(85)80-46-20-12-38-74(80)75-39-13-21-47-81(75)98)59-87(91)99(96)86-58-65(54-56-90(86)100(92)88-52-24-16-34-68(88)63-30-6-2-7-31-63)70-42-26-50-84-94(70)76-40-14-22-48-82(76)97(84)78-44-18-10-36-72(78)73-37-11-19-45-79(73)97/h1-61H. The molecular weight excluding hydrogens is 1220 g/mol. The number of nitrogens with zero attached hydrogens (tertiary/aromatic N) is 2. The van der Waals surface area contributed by atoms with E-state index in [0.29, 0.717) is 0 Å². The topological polar surface area (TPSA) is 6.48 Å². The Balaban J connectivity index is 0.849. The van der Waals surface area contributed by atoms with Crippen LogP contribution in [0.2, 0.25) is 0 Å². The van der Waals surface area contributed by atoms with E-state index in [1.165, 1.54) is 128 Å². The molecule has 0 aromatic heterocycles. The van der Waals surface area contributed by atoms with Crippen molar-refractivity contribution in [3.63, 3.8) is 0 Å². The zero-order chi connectivity index (χ0) is 66.1. The Kier molecular flexibility index (Phi) is 11.9. The van der Waals surface area contributed by atoms with E-state index in [0.717, 1.165) is 67.5 Å². The molecule has 0 radical (unpaired) electrons. The smallest absolute Gasteiger partial charge is 0.252 e. The third-order valence-corrected chi connectivity index (χ3v) is 23.3. The van der Waals surface area contributed by atoms with Gasteiger partial charge in [0.2, 0.25) is 0 Å². The molecule has 4 aliphatic carbocycles. The van der Waals surface area contributed by atoms with Gasteiger partial charge in [0.15, 0.2) is 0 Å². The van der Waals surface area contributed by atoms with Crippen LogP contribution in [0.4, 0.5) is 34.1 Å². The molecule has 2 heterocycles. The molecule has 2 aliphatic heterocycles. The van der Waals surface area contributed by atoms with E-state index >= 15 is 0 Å². The Labute approximate surface area is 588 Å². The molecule has 0 atom stereocenters. The number of fused-ring (bicyclic) bond motifs is 24. The highest BCUT2D eigenvalue weighted by molar-refractivity contribution is 7.00. The molecule has 0 unspecified atom stereocenters. The number of para-hydroxylation sites is 2. The minimum atomic E-state index is -0.494. The van der Waals surface area contributed by atoms with Gasteiger partial charge >= 0.3 is 0 Å². The molecule has 6 aliphatic rings. The third-order valence-electron chi connectivity index (χ3n) is 23.3. The fraction of sp³-hybridized carbons (Fsp3) is 0.0204. The maximum absolute atomic E-state index is 2.63. The Morgan fingerprint density at radius 2 is 0.475 bits per heavy atom. The number of rotatable bonds is 7. The fourth-order valence-electron chi connectivity index (χ4n) is 19.5. The van der Waals surface area contributed by atoms with Gasteiger partial charge in [-0.3, -0.25) is 0 Å². The van der Waals surface area contributed by atoms with Crippen molar-refractivity contribution in [1.29, 1.82) is 0 Å². The van der Waals surface area contributed by atoms with Crippen molar-refractivity contribution in [3.8, 4) is 100 Å². The number of hydrogen-bond acceptors (Lipinski definition) is 2. The van der Waals surface area contributed by atoms with Crippen molar-refractivity contribution in [2.24, 2.45) is 0 Å². The van der Waals surface area contributed by atoms with Crippen LogP contribution in [0.25, 0.3) is 100 Å².